The summed E-state index contributed by atoms with van der Waals surface area (Å²) in [5.74, 6) is 1.91. The first kappa shape index (κ1) is 18.7. The Morgan fingerprint density at radius 1 is 1.15 bits per heavy atom. The number of ether oxygens (including phenoxy) is 3. The average Bonchev–Trinajstić information content (AvgIpc) is 2.73. The van der Waals surface area contributed by atoms with E-state index in [4.69, 9.17) is 14.2 Å². The van der Waals surface area contributed by atoms with Gasteiger partial charge in [0.05, 0.1) is 39.3 Å². The Morgan fingerprint density at radius 3 is 2.59 bits per heavy atom. The molecule has 2 heterocycles. The summed E-state index contributed by atoms with van der Waals surface area (Å²) in [4.78, 5) is 18.7. The van der Waals surface area contributed by atoms with Crippen molar-refractivity contribution in [3.05, 3.63) is 48.2 Å². The number of nitrogens with zero attached hydrogens (tertiary/aromatic N) is 2. The minimum atomic E-state index is -0.231. The zero-order valence-corrected chi connectivity index (χ0v) is 15.5. The molecule has 1 aliphatic heterocycles. The van der Waals surface area contributed by atoms with E-state index in [0.29, 0.717) is 30.4 Å². The Kier molecular flexibility index (Phi) is 6.27. The molecule has 1 amide bonds. The predicted octanol–water partition coefficient (Wildman–Crippen LogP) is 2.59. The van der Waals surface area contributed by atoms with Crippen LogP contribution in [0.4, 0.5) is 11.5 Å². The SMILES string of the molecule is COc1ccc(/C=C/C(=O)Nc2ccc(N3CCOCC3)nc2)cc1OC. The summed E-state index contributed by atoms with van der Waals surface area (Å²) in [6.07, 6.45) is 4.84. The largest absolute Gasteiger partial charge is 0.493 e. The number of aromatic nitrogens is 1. The summed E-state index contributed by atoms with van der Waals surface area (Å²) in [5, 5.41) is 2.81. The molecular formula is C20H23N3O4. The molecule has 0 spiro atoms. The van der Waals surface area contributed by atoms with Gasteiger partial charge in [-0.3, -0.25) is 4.79 Å². The fraction of sp³-hybridized carbons (Fsp3) is 0.300. The van der Waals surface area contributed by atoms with Crippen LogP contribution in [0.25, 0.3) is 6.08 Å². The maximum absolute atomic E-state index is 12.1. The van der Waals surface area contributed by atoms with Crippen LogP contribution in [-0.2, 0) is 9.53 Å². The molecule has 0 aliphatic carbocycles. The van der Waals surface area contributed by atoms with Gasteiger partial charge < -0.3 is 24.4 Å². The van der Waals surface area contributed by atoms with Crippen LogP contribution in [0.2, 0.25) is 0 Å². The maximum atomic E-state index is 12.1. The van der Waals surface area contributed by atoms with Gasteiger partial charge in [0.15, 0.2) is 11.5 Å². The lowest BCUT2D eigenvalue weighted by molar-refractivity contribution is -0.111. The van der Waals surface area contributed by atoms with Crippen molar-refractivity contribution in [2.75, 3.05) is 50.7 Å². The van der Waals surface area contributed by atoms with Crippen LogP contribution >= 0.6 is 0 Å². The summed E-state index contributed by atoms with van der Waals surface area (Å²) in [7, 11) is 3.16. The Balaban J connectivity index is 1.59. The van der Waals surface area contributed by atoms with Crippen LogP contribution in [0.5, 0.6) is 11.5 Å². The lowest BCUT2D eigenvalue weighted by Crippen LogP contribution is -2.36. The highest BCUT2D eigenvalue weighted by atomic mass is 16.5. The third-order valence-electron chi connectivity index (χ3n) is 4.19. The molecule has 7 nitrogen and oxygen atoms in total. The minimum absolute atomic E-state index is 0.231. The topological polar surface area (TPSA) is 72.9 Å². The highest BCUT2D eigenvalue weighted by Crippen LogP contribution is 2.28. The maximum Gasteiger partial charge on any atom is 0.248 e. The van der Waals surface area contributed by atoms with Crippen molar-refractivity contribution in [2.24, 2.45) is 0 Å². The molecular weight excluding hydrogens is 346 g/mol. The number of amides is 1. The summed E-state index contributed by atoms with van der Waals surface area (Å²) >= 11 is 0. The molecule has 142 valence electrons. The first-order valence-electron chi connectivity index (χ1n) is 8.69. The van der Waals surface area contributed by atoms with E-state index in [1.54, 1.807) is 38.6 Å². The number of hydrogen-bond donors (Lipinski definition) is 1. The molecule has 1 aliphatic rings. The summed E-state index contributed by atoms with van der Waals surface area (Å²) in [5.41, 5.74) is 1.48. The zero-order valence-electron chi connectivity index (χ0n) is 15.5. The van der Waals surface area contributed by atoms with Crippen LogP contribution in [0, 0.1) is 0 Å². The van der Waals surface area contributed by atoms with Gasteiger partial charge in [0.25, 0.3) is 0 Å². The van der Waals surface area contributed by atoms with E-state index in [9.17, 15) is 4.79 Å². The molecule has 2 aromatic rings. The molecule has 1 aromatic heterocycles. The van der Waals surface area contributed by atoms with Crippen LogP contribution in [-0.4, -0.2) is 51.4 Å². The van der Waals surface area contributed by atoms with Crippen molar-refractivity contribution in [3.63, 3.8) is 0 Å². The number of nitrogens with one attached hydrogen (secondary N) is 1. The Bertz CT molecular complexity index is 799. The lowest BCUT2D eigenvalue weighted by atomic mass is 10.2. The van der Waals surface area contributed by atoms with Crippen molar-refractivity contribution >= 4 is 23.5 Å². The minimum Gasteiger partial charge on any atom is -0.493 e. The van der Waals surface area contributed by atoms with Gasteiger partial charge in [0, 0.05) is 19.2 Å². The van der Waals surface area contributed by atoms with Crippen LogP contribution in [0.3, 0.4) is 0 Å². The first-order valence-corrected chi connectivity index (χ1v) is 8.69. The van der Waals surface area contributed by atoms with Crippen molar-refractivity contribution in [1.82, 2.24) is 4.98 Å². The second kappa shape index (κ2) is 9.05. The number of hydrogen-bond acceptors (Lipinski definition) is 6. The van der Waals surface area contributed by atoms with Gasteiger partial charge >= 0.3 is 0 Å². The second-order valence-corrected chi connectivity index (χ2v) is 5.94. The fourth-order valence-electron chi connectivity index (χ4n) is 2.75. The number of morpholine rings is 1. The molecule has 1 fully saturated rings. The molecule has 0 radical (unpaired) electrons. The number of benzene rings is 1. The molecule has 0 atom stereocenters. The van der Waals surface area contributed by atoms with Gasteiger partial charge in [-0.25, -0.2) is 4.98 Å². The monoisotopic (exact) mass is 369 g/mol. The summed E-state index contributed by atoms with van der Waals surface area (Å²) in [6, 6.07) is 9.20. The number of carbonyl (C=O) groups is 1. The first-order chi connectivity index (χ1) is 13.2. The highest BCUT2D eigenvalue weighted by molar-refractivity contribution is 6.01. The lowest BCUT2D eigenvalue weighted by Gasteiger charge is -2.27. The number of pyridine rings is 1. The highest BCUT2D eigenvalue weighted by Gasteiger charge is 2.12. The third-order valence-corrected chi connectivity index (χ3v) is 4.19. The van der Waals surface area contributed by atoms with E-state index in [1.165, 1.54) is 6.08 Å². The Labute approximate surface area is 158 Å². The van der Waals surface area contributed by atoms with E-state index in [-0.39, 0.29) is 5.91 Å². The average molecular weight is 369 g/mol. The van der Waals surface area contributed by atoms with E-state index in [0.717, 1.165) is 24.5 Å². The van der Waals surface area contributed by atoms with Gasteiger partial charge in [0.2, 0.25) is 5.91 Å². The molecule has 1 saturated heterocycles. The van der Waals surface area contributed by atoms with Crippen LogP contribution in [0.1, 0.15) is 5.56 Å². The Hall–Kier alpha value is -3.06. The van der Waals surface area contributed by atoms with Crippen LogP contribution in [0.15, 0.2) is 42.6 Å². The van der Waals surface area contributed by atoms with E-state index in [2.05, 4.69) is 15.2 Å². The van der Waals surface area contributed by atoms with Gasteiger partial charge in [-0.05, 0) is 35.9 Å². The second-order valence-electron chi connectivity index (χ2n) is 5.94. The molecule has 0 unspecified atom stereocenters. The van der Waals surface area contributed by atoms with Gasteiger partial charge in [-0.15, -0.1) is 0 Å². The van der Waals surface area contributed by atoms with Crippen LogP contribution < -0.4 is 19.7 Å². The number of methoxy groups -OCH3 is 2. The molecule has 27 heavy (non-hydrogen) atoms. The Morgan fingerprint density at radius 2 is 1.93 bits per heavy atom. The summed E-state index contributed by atoms with van der Waals surface area (Å²) in [6.45, 7) is 3.07. The quantitative estimate of drug-likeness (QED) is 0.789. The molecule has 0 saturated carbocycles. The summed E-state index contributed by atoms with van der Waals surface area (Å²) < 4.78 is 15.8. The standard InChI is InChI=1S/C20H23N3O4/c1-25-17-6-3-15(13-18(17)26-2)4-8-20(24)22-16-5-7-19(21-14-16)23-9-11-27-12-10-23/h3-8,13-14H,9-12H2,1-2H3,(H,22,24)/b8-4+. The third kappa shape index (κ3) is 4.98. The van der Waals surface area contributed by atoms with Crippen molar-refractivity contribution in [3.8, 4) is 11.5 Å². The van der Waals surface area contributed by atoms with Crippen molar-refractivity contribution in [1.29, 1.82) is 0 Å². The zero-order chi connectivity index (χ0) is 19.1. The van der Waals surface area contributed by atoms with Crippen molar-refractivity contribution < 1.29 is 19.0 Å². The van der Waals surface area contributed by atoms with E-state index < -0.39 is 0 Å². The molecule has 1 N–H and O–H groups in total. The van der Waals surface area contributed by atoms with Crippen molar-refractivity contribution in [2.45, 2.75) is 0 Å². The predicted molar refractivity (Wildman–Crippen MR) is 104 cm³/mol. The van der Waals surface area contributed by atoms with Gasteiger partial charge in [0.1, 0.15) is 5.82 Å². The number of carbonyl (C=O) groups excluding carboxylic acids is 1. The molecule has 7 heteroatoms. The van der Waals surface area contributed by atoms with E-state index in [1.807, 2.05) is 18.2 Å². The number of anilines is 2. The molecule has 0 bridgehead atoms. The fourth-order valence-corrected chi connectivity index (χ4v) is 2.75. The number of rotatable bonds is 6. The van der Waals surface area contributed by atoms with Gasteiger partial charge in [-0.2, -0.15) is 0 Å². The van der Waals surface area contributed by atoms with Gasteiger partial charge in [-0.1, -0.05) is 6.07 Å². The molecule has 3 rings (SSSR count). The van der Waals surface area contributed by atoms with E-state index >= 15 is 0 Å². The molecule has 1 aromatic carbocycles. The smallest absolute Gasteiger partial charge is 0.248 e. The normalized spacial score (nSPS) is 14.2.